The minimum atomic E-state index is 0.317. The third kappa shape index (κ3) is 4.21. The Morgan fingerprint density at radius 3 is 2.85 bits per heavy atom. The predicted octanol–water partition coefficient (Wildman–Crippen LogP) is 2.19. The van der Waals surface area contributed by atoms with Crippen molar-refractivity contribution in [3.63, 3.8) is 0 Å². The van der Waals surface area contributed by atoms with Crippen LogP contribution in [0.1, 0.15) is 43.2 Å². The summed E-state index contributed by atoms with van der Waals surface area (Å²) in [6.07, 6.45) is 6.86. The van der Waals surface area contributed by atoms with Crippen molar-refractivity contribution in [2.24, 2.45) is 0 Å². The molecule has 1 amide bonds. The van der Waals surface area contributed by atoms with Crippen LogP contribution in [0.5, 0.6) is 5.75 Å². The van der Waals surface area contributed by atoms with Gasteiger partial charge in [0.15, 0.2) is 0 Å². The maximum Gasteiger partial charge on any atom is 0.223 e. The maximum absolute atomic E-state index is 12.6. The molecule has 2 aliphatic heterocycles. The molecule has 0 unspecified atom stereocenters. The quantitative estimate of drug-likeness (QED) is 0.848. The zero-order valence-electron chi connectivity index (χ0n) is 15.7. The van der Waals surface area contributed by atoms with Crippen LogP contribution in [0.2, 0.25) is 0 Å². The Kier molecular flexibility index (Phi) is 5.75. The molecule has 2 fully saturated rings. The van der Waals surface area contributed by atoms with Gasteiger partial charge in [-0.15, -0.1) is 0 Å². The van der Waals surface area contributed by atoms with Gasteiger partial charge in [0.1, 0.15) is 5.75 Å². The lowest BCUT2D eigenvalue weighted by molar-refractivity contribution is -0.132. The van der Waals surface area contributed by atoms with Gasteiger partial charge < -0.3 is 15.0 Å². The van der Waals surface area contributed by atoms with Crippen LogP contribution < -0.4 is 10.1 Å². The Hall–Kier alpha value is -1.59. The van der Waals surface area contributed by atoms with E-state index in [1.54, 1.807) is 0 Å². The van der Waals surface area contributed by atoms with Gasteiger partial charge in [0.2, 0.25) is 5.91 Å². The van der Waals surface area contributed by atoms with Gasteiger partial charge in [0, 0.05) is 58.2 Å². The first-order valence-electron chi connectivity index (χ1n) is 10.3. The minimum absolute atomic E-state index is 0.317. The highest BCUT2D eigenvalue weighted by atomic mass is 16.5. The average molecular weight is 357 g/mol. The summed E-state index contributed by atoms with van der Waals surface area (Å²) in [7, 11) is 0. The van der Waals surface area contributed by atoms with Crippen molar-refractivity contribution in [1.82, 2.24) is 15.1 Å². The zero-order chi connectivity index (χ0) is 17.8. The fourth-order valence-corrected chi connectivity index (χ4v) is 4.54. The van der Waals surface area contributed by atoms with Crippen molar-refractivity contribution in [3.8, 4) is 5.75 Å². The van der Waals surface area contributed by atoms with E-state index in [1.165, 1.54) is 36.8 Å². The summed E-state index contributed by atoms with van der Waals surface area (Å²) in [5, 5.41) is 3.32. The number of piperazine rings is 1. The van der Waals surface area contributed by atoms with Crippen LogP contribution in [0, 0.1) is 0 Å². The second-order valence-electron chi connectivity index (χ2n) is 7.83. The number of nitrogens with zero attached hydrogens (tertiary/aromatic N) is 2. The molecule has 0 atom stereocenters. The number of carbonyl (C=O) groups excluding carboxylic acids is 1. The molecule has 1 N–H and O–H groups in total. The van der Waals surface area contributed by atoms with Crippen LogP contribution in [0.25, 0.3) is 0 Å². The Morgan fingerprint density at radius 1 is 1.23 bits per heavy atom. The molecule has 5 nitrogen and oxygen atoms in total. The van der Waals surface area contributed by atoms with Crippen LogP contribution in [-0.4, -0.2) is 61.1 Å². The van der Waals surface area contributed by atoms with Gasteiger partial charge >= 0.3 is 0 Å². The molecule has 142 valence electrons. The predicted molar refractivity (Wildman–Crippen MR) is 102 cm³/mol. The van der Waals surface area contributed by atoms with Crippen molar-refractivity contribution in [2.45, 2.75) is 51.1 Å². The minimum Gasteiger partial charge on any atom is -0.493 e. The van der Waals surface area contributed by atoms with Crippen molar-refractivity contribution >= 4 is 5.91 Å². The summed E-state index contributed by atoms with van der Waals surface area (Å²) >= 11 is 0. The third-order valence-corrected chi connectivity index (χ3v) is 6.06. The maximum atomic E-state index is 12.6. The lowest BCUT2D eigenvalue weighted by atomic mass is 10.1. The Labute approximate surface area is 156 Å². The molecule has 0 bridgehead atoms. The van der Waals surface area contributed by atoms with E-state index in [2.05, 4.69) is 28.4 Å². The van der Waals surface area contributed by atoms with Gasteiger partial charge in [-0.25, -0.2) is 0 Å². The Morgan fingerprint density at radius 2 is 2.04 bits per heavy atom. The summed E-state index contributed by atoms with van der Waals surface area (Å²) in [6.45, 7) is 6.20. The molecule has 1 saturated carbocycles. The number of fused-ring (bicyclic) bond motifs is 1. The van der Waals surface area contributed by atoms with E-state index in [4.69, 9.17) is 4.74 Å². The number of nitrogens with one attached hydrogen (secondary N) is 1. The molecule has 26 heavy (non-hydrogen) atoms. The van der Waals surface area contributed by atoms with Crippen LogP contribution in [-0.2, 0) is 17.8 Å². The molecule has 0 spiro atoms. The summed E-state index contributed by atoms with van der Waals surface area (Å²) < 4.78 is 5.64. The Bertz CT molecular complexity index is 622. The standard InChI is InChI=1S/C21H31N3O2/c25-21(23-12-9-22-10-13-23)7-11-24(19-3-1-2-4-19)16-17-5-6-20-18(15-17)8-14-26-20/h5-6,15,19,22H,1-4,7-14,16H2. The lowest BCUT2D eigenvalue weighted by Crippen LogP contribution is -2.47. The third-order valence-electron chi connectivity index (χ3n) is 6.06. The van der Waals surface area contributed by atoms with Gasteiger partial charge in [-0.1, -0.05) is 25.0 Å². The number of rotatable bonds is 6. The highest BCUT2D eigenvalue weighted by molar-refractivity contribution is 5.76. The molecule has 5 heteroatoms. The normalized spacial score (nSPS) is 20.4. The lowest BCUT2D eigenvalue weighted by Gasteiger charge is -2.31. The number of hydrogen-bond acceptors (Lipinski definition) is 4. The number of hydrogen-bond donors (Lipinski definition) is 1. The molecule has 0 aromatic heterocycles. The van der Waals surface area contributed by atoms with E-state index < -0.39 is 0 Å². The average Bonchev–Trinajstić information content (AvgIpc) is 3.37. The number of ether oxygens (including phenoxy) is 1. The first-order chi connectivity index (χ1) is 12.8. The van der Waals surface area contributed by atoms with Crippen molar-refractivity contribution in [1.29, 1.82) is 0 Å². The molecule has 4 rings (SSSR count). The number of benzene rings is 1. The highest BCUT2D eigenvalue weighted by Gasteiger charge is 2.25. The largest absolute Gasteiger partial charge is 0.493 e. The summed E-state index contributed by atoms with van der Waals surface area (Å²) in [4.78, 5) is 17.2. The molecule has 1 aromatic rings. The van der Waals surface area contributed by atoms with Crippen LogP contribution in [0.3, 0.4) is 0 Å². The summed E-state index contributed by atoms with van der Waals surface area (Å²) in [5.74, 6) is 1.37. The van der Waals surface area contributed by atoms with Crippen LogP contribution in [0.4, 0.5) is 0 Å². The first-order valence-corrected chi connectivity index (χ1v) is 10.3. The molecule has 0 radical (unpaired) electrons. The second kappa shape index (κ2) is 8.40. The van der Waals surface area contributed by atoms with Crippen molar-refractivity contribution < 1.29 is 9.53 Å². The molecule has 1 saturated heterocycles. The molecule has 1 aromatic carbocycles. The smallest absolute Gasteiger partial charge is 0.223 e. The van der Waals surface area contributed by atoms with Gasteiger partial charge in [-0.05, 0) is 30.0 Å². The number of carbonyl (C=O) groups is 1. The molecule has 1 aliphatic carbocycles. The van der Waals surface area contributed by atoms with E-state index in [9.17, 15) is 4.79 Å². The molecule has 3 aliphatic rings. The summed E-state index contributed by atoms with van der Waals surface area (Å²) in [5.41, 5.74) is 2.70. The van der Waals surface area contributed by atoms with Crippen LogP contribution >= 0.6 is 0 Å². The fraction of sp³-hybridized carbons (Fsp3) is 0.667. The van der Waals surface area contributed by atoms with E-state index in [0.29, 0.717) is 18.4 Å². The second-order valence-corrected chi connectivity index (χ2v) is 7.83. The van der Waals surface area contributed by atoms with E-state index >= 15 is 0 Å². The van der Waals surface area contributed by atoms with Gasteiger partial charge in [-0.3, -0.25) is 9.69 Å². The van der Waals surface area contributed by atoms with Gasteiger partial charge in [0.25, 0.3) is 0 Å². The Balaban J connectivity index is 1.38. The van der Waals surface area contributed by atoms with E-state index in [0.717, 1.165) is 58.0 Å². The highest BCUT2D eigenvalue weighted by Crippen LogP contribution is 2.29. The first kappa shape index (κ1) is 17.8. The summed E-state index contributed by atoms with van der Waals surface area (Å²) in [6, 6.07) is 7.26. The van der Waals surface area contributed by atoms with E-state index in [1.807, 2.05) is 4.90 Å². The van der Waals surface area contributed by atoms with Crippen molar-refractivity contribution in [3.05, 3.63) is 29.3 Å². The van der Waals surface area contributed by atoms with Crippen LogP contribution in [0.15, 0.2) is 18.2 Å². The van der Waals surface area contributed by atoms with E-state index in [-0.39, 0.29) is 0 Å². The molecular weight excluding hydrogens is 326 g/mol. The van der Waals surface area contributed by atoms with Crippen molar-refractivity contribution in [2.75, 3.05) is 39.3 Å². The monoisotopic (exact) mass is 357 g/mol. The van der Waals surface area contributed by atoms with Gasteiger partial charge in [0.05, 0.1) is 6.61 Å². The zero-order valence-corrected chi connectivity index (χ0v) is 15.7. The number of amides is 1. The topological polar surface area (TPSA) is 44.8 Å². The SMILES string of the molecule is O=C(CCN(Cc1ccc2c(c1)CCO2)C1CCCC1)N1CCNCC1. The fourth-order valence-electron chi connectivity index (χ4n) is 4.54. The molecular formula is C21H31N3O2. The molecule has 2 heterocycles. The van der Waals surface area contributed by atoms with Gasteiger partial charge in [-0.2, -0.15) is 0 Å².